The number of hydrogen-bond acceptors (Lipinski definition) is 3. The molecule has 108 valence electrons. The van der Waals surface area contributed by atoms with Crippen molar-refractivity contribution in [3.05, 3.63) is 48.0 Å². The van der Waals surface area contributed by atoms with Crippen LogP contribution in [0.4, 0.5) is 0 Å². The molecular formula is C16H20O4. The third-order valence-electron chi connectivity index (χ3n) is 2.92. The van der Waals surface area contributed by atoms with Crippen LogP contribution < -0.4 is 0 Å². The second-order valence-corrected chi connectivity index (χ2v) is 4.69. The Labute approximate surface area is 119 Å². The minimum absolute atomic E-state index is 0.110. The number of aromatic carboxylic acids is 1. The van der Waals surface area contributed by atoms with Gasteiger partial charge in [-0.3, -0.25) is 4.79 Å². The van der Waals surface area contributed by atoms with Crippen LogP contribution in [0.5, 0.6) is 0 Å². The fourth-order valence-corrected chi connectivity index (χ4v) is 1.86. The Balaban J connectivity index is 2.31. The molecule has 1 N–H and O–H groups in total. The van der Waals surface area contributed by atoms with Crippen LogP contribution in [0.1, 0.15) is 42.1 Å². The zero-order valence-corrected chi connectivity index (χ0v) is 11.7. The Hall–Kier alpha value is -2.10. The second-order valence-electron chi connectivity index (χ2n) is 4.69. The molecule has 0 amide bonds. The van der Waals surface area contributed by atoms with E-state index in [9.17, 15) is 9.59 Å². The molecule has 0 aliphatic carbocycles. The zero-order chi connectivity index (χ0) is 15.0. The summed E-state index contributed by atoms with van der Waals surface area (Å²) in [4.78, 5) is 22.0. The van der Waals surface area contributed by atoms with Crippen molar-refractivity contribution in [1.82, 2.24) is 0 Å². The minimum Gasteiger partial charge on any atom is -0.478 e. The summed E-state index contributed by atoms with van der Waals surface area (Å²) in [5, 5.41) is 8.80. The molecule has 4 heteroatoms. The number of carbonyl (C=O) groups is 2. The van der Waals surface area contributed by atoms with Crippen molar-refractivity contribution in [2.75, 3.05) is 0 Å². The largest absolute Gasteiger partial charge is 0.478 e. The highest BCUT2D eigenvalue weighted by Gasteiger charge is 2.08. The molecule has 0 aromatic heterocycles. The number of benzene rings is 1. The molecule has 0 fully saturated rings. The van der Waals surface area contributed by atoms with Crippen LogP contribution in [0, 0.1) is 0 Å². The molecule has 0 bridgehead atoms. The summed E-state index contributed by atoms with van der Waals surface area (Å²) in [6, 6.07) is 6.84. The standard InChI is InChI=1S/C16H20O4/c1-3-5-15(17)20-12(2)6-4-7-13-8-10-14(11-9-13)16(18)19/h3,8-12H,1,4-7H2,2H3,(H,18,19). The maximum Gasteiger partial charge on any atom is 0.335 e. The molecule has 0 saturated heterocycles. The van der Waals surface area contributed by atoms with Crippen LogP contribution in [-0.2, 0) is 16.0 Å². The van der Waals surface area contributed by atoms with Gasteiger partial charge in [-0.05, 0) is 43.9 Å². The van der Waals surface area contributed by atoms with Crippen molar-refractivity contribution in [3.8, 4) is 0 Å². The van der Waals surface area contributed by atoms with Gasteiger partial charge in [0.05, 0.1) is 18.1 Å². The SMILES string of the molecule is C=CCC(=O)OC(C)CCCc1ccc(C(=O)O)cc1. The van der Waals surface area contributed by atoms with Gasteiger partial charge in [-0.15, -0.1) is 6.58 Å². The smallest absolute Gasteiger partial charge is 0.335 e. The van der Waals surface area contributed by atoms with Gasteiger partial charge in [-0.1, -0.05) is 18.2 Å². The van der Waals surface area contributed by atoms with Gasteiger partial charge in [-0.25, -0.2) is 4.79 Å². The predicted molar refractivity (Wildman–Crippen MR) is 76.7 cm³/mol. The number of hydrogen-bond donors (Lipinski definition) is 1. The van der Waals surface area contributed by atoms with Gasteiger partial charge in [-0.2, -0.15) is 0 Å². The van der Waals surface area contributed by atoms with Crippen molar-refractivity contribution < 1.29 is 19.4 Å². The molecule has 0 saturated carbocycles. The molecule has 4 nitrogen and oxygen atoms in total. The van der Waals surface area contributed by atoms with Gasteiger partial charge in [0.2, 0.25) is 0 Å². The Morgan fingerprint density at radius 2 is 2.00 bits per heavy atom. The van der Waals surface area contributed by atoms with E-state index in [1.54, 1.807) is 12.1 Å². The molecule has 20 heavy (non-hydrogen) atoms. The third-order valence-corrected chi connectivity index (χ3v) is 2.92. The lowest BCUT2D eigenvalue weighted by Gasteiger charge is -2.12. The van der Waals surface area contributed by atoms with Crippen LogP contribution in [0.25, 0.3) is 0 Å². The highest BCUT2D eigenvalue weighted by atomic mass is 16.5. The van der Waals surface area contributed by atoms with Gasteiger partial charge in [0.1, 0.15) is 0 Å². The first-order valence-corrected chi connectivity index (χ1v) is 6.65. The van der Waals surface area contributed by atoms with Crippen molar-refractivity contribution in [2.45, 2.75) is 38.7 Å². The molecule has 0 aliphatic heterocycles. The molecule has 0 aliphatic rings. The topological polar surface area (TPSA) is 63.6 Å². The lowest BCUT2D eigenvalue weighted by molar-refractivity contribution is -0.147. The highest BCUT2D eigenvalue weighted by Crippen LogP contribution is 2.11. The van der Waals surface area contributed by atoms with Gasteiger partial charge >= 0.3 is 11.9 Å². The summed E-state index contributed by atoms with van der Waals surface area (Å²) < 4.78 is 5.19. The quantitative estimate of drug-likeness (QED) is 0.585. The van der Waals surface area contributed by atoms with Gasteiger partial charge in [0.25, 0.3) is 0 Å². The molecule has 1 aromatic carbocycles. The first kappa shape index (κ1) is 16.0. The number of carboxylic acid groups (broad SMARTS) is 1. The summed E-state index contributed by atoms with van der Waals surface area (Å²) >= 11 is 0. The molecular weight excluding hydrogens is 256 g/mol. The van der Waals surface area contributed by atoms with E-state index in [2.05, 4.69) is 6.58 Å². The van der Waals surface area contributed by atoms with Crippen LogP contribution in [0.2, 0.25) is 0 Å². The Morgan fingerprint density at radius 1 is 1.35 bits per heavy atom. The lowest BCUT2D eigenvalue weighted by atomic mass is 10.0. The monoisotopic (exact) mass is 276 g/mol. The number of ether oxygens (including phenoxy) is 1. The summed E-state index contributed by atoms with van der Waals surface area (Å²) in [6.45, 7) is 5.36. The van der Waals surface area contributed by atoms with E-state index in [0.29, 0.717) is 5.56 Å². The molecule has 1 aromatic rings. The molecule has 1 unspecified atom stereocenters. The first-order valence-electron chi connectivity index (χ1n) is 6.65. The summed E-state index contributed by atoms with van der Waals surface area (Å²) in [6.07, 6.45) is 4.16. The minimum atomic E-state index is -0.917. The number of carboxylic acids is 1. The second kappa shape index (κ2) is 8.15. The molecule has 0 radical (unpaired) electrons. The number of rotatable bonds is 8. The Morgan fingerprint density at radius 3 is 2.55 bits per heavy atom. The average molecular weight is 276 g/mol. The fourth-order valence-electron chi connectivity index (χ4n) is 1.86. The fraction of sp³-hybridized carbons (Fsp3) is 0.375. The maximum atomic E-state index is 11.2. The zero-order valence-electron chi connectivity index (χ0n) is 11.7. The van der Waals surface area contributed by atoms with E-state index in [1.807, 2.05) is 19.1 Å². The van der Waals surface area contributed by atoms with Gasteiger partial charge < -0.3 is 9.84 Å². The van der Waals surface area contributed by atoms with E-state index in [0.717, 1.165) is 24.8 Å². The van der Waals surface area contributed by atoms with E-state index < -0.39 is 5.97 Å². The predicted octanol–water partition coefficient (Wildman–Crippen LogP) is 3.22. The third kappa shape index (κ3) is 5.69. The van der Waals surface area contributed by atoms with Crippen LogP contribution >= 0.6 is 0 Å². The van der Waals surface area contributed by atoms with Crippen molar-refractivity contribution >= 4 is 11.9 Å². The summed E-state index contributed by atoms with van der Waals surface area (Å²) in [7, 11) is 0. The summed E-state index contributed by atoms with van der Waals surface area (Å²) in [5.74, 6) is -1.17. The van der Waals surface area contributed by atoms with Crippen molar-refractivity contribution in [2.24, 2.45) is 0 Å². The normalized spacial score (nSPS) is 11.7. The van der Waals surface area contributed by atoms with Crippen molar-refractivity contribution in [1.29, 1.82) is 0 Å². The van der Waals surface area contributed by atoms with Crippen LogP contribution in [0.15, 0.2) is 36.9 Å². The van der Waals surface area contributed by atoms with Crippen molar-refractivity contribution in [3.63, 3.8) is 0 Å². The molecule has 1 rings (SSSR count). The Bertz CT molecular complexity index is 462. The summed E-state index contributed by atoms with van der Waals surface area (Å²) in [5.41, 5.74) is 1.38. The Kier molecular flexibility index (Phi) is 6.50. The van der Waals surface area contributed by atoms with E-state index in [-0.39, 0.29) is 18.5 Å². The highest BCUT2D eigenvalue weighted by molar-refractivity contribution is 5.87. The van der Waals surface area contributed by atoms with Crippen LogP contribution in [0.3, 0.4) is 0 Å². The lowest BCUT2D eigenvalue weighted by Crippen LogP contribution is -2.14. The molecule has 0 spiro atoms. The average Bonchev–Trinajstić information content (AvgIpc) is 2.39. The van der Waals surface area contributed by atoms with E-state index in [1.165, 1.54) is 6.08 Å². The molecule has 0 heterocycles. The molecule has 1 atom stereocenters. The van der Waals surface area contributed by atoms with Gasteiger partial charge in [0, 0.05) is 0 Å². The number of carbonyl (C=O) groups excluding carboxylic acids is 1. The van der Waals surface area contributed by atoms with Crippen LogP contribution in [-0.4, -0.2) is 23.1 Å². The van der Waals surface area contributed by atoms with Gasteiger partial charge in [0.15, 0.2) is 0 Å². The van der Waals surface area contributed by atoms with E-state index >= 15 is 0 Å². The first-order chi connectivity index (χ1) is 9.52. The maximum absolute atomic E-state index is 11.2. The number of esters is 1. The van der Waals surface area contributed by atoms with E-state index in [4.69, 9.17) is 9.84 Å². The number of aryl methyl sites for hydroxylation is 1.